The van der Waals surface area contributed by atoms with E-state index in [0.29, 0.717) is 17.0 Å². The van der Waals surface area contributed by atoms with Crippen molar-refractivity contribution in [2.75, 3.05) is 19.0 Å². The number of aryl methyl sites for hydroxylation is 2. The molecule has 0 saturated heterocycles. The van der Waals surface area contributed by atoms with Crippen LogP contribution in [0.2, 0.25) is 0 Å². The highest BCUT2D eigenvalue weighted by Crippen LogP contribution is 2.24. The van der Waals surface area contributed by atoms with Crippen LogP contribution in [-0.2, 0) is 27.2 Å². The van der Waals surface area contributed by atoms with Crippen LogP contribution in [0.25, 0.3) is 0 Å². The lowest BCUT2D eigenvalue weighted by molar-refractivity contribution is -0.150. The molecule has 2 amide bonds. The molecule has 2 N–H and O–H groups in total. The second-order valence-corrected chi connectivity index (χ2v) is 7.92. The first kappa shape index (κ1) is 22.3. The minimum atomic E-state index is -0.873. The number of carbonyl (C=O) groups excluding carboxylic acids is 3. The molecular weight excluding hydrogens is 396 g/mol. The van der Waals surface area contributed by atoms with Crippen molar-refractivity contribution in [2.24, 2.45) is 5.92 Å². The van der Waals surface area contributed by atoms with Crippen LogP contribution in [-0.4, -0.2) is 37.5 Å². The van der Waals surface area contributed by atoms with E-state index in [-0.39, 0.29) is 5.92 Å². The predicted molar refractivity (Wildman–Crippen MR) is 117 cm³/mol. The Bertz CT molecular complexity index is 953. The second kappa shape index (κ2) is 10.1. The highest BCUT2D eigenvalue weighted by atomic mass is 16.5. The van der Waals surface area contributed by atoms with E-state index in [0.717, 1.165) is 19.3 Å². The minimum Gasteiger partial charge on any atom is -0.497 e. The van der Waals surface area contributed by atoms with Crippen LogP contribution in [0.5, 0.6) is 5.75 Å². The summed E-state index contributed by atoms with van der Waals surface area (Å²) in [6.07, 6.45) is 3.21. The Morgan fingerprint density at radius 2 is 1.71 bits per heavy atom. The molecule has 31 heavy (non-hydrogen) atoms. The fraction of sp³-hybridized carbons (Fsp3) is 0.375. The molecular formula is C24H28N2O5. The third kappa shape index (κ3) is 5.84. The molecule has 1 aliphatic rings. The Balaban J connectivity index is 1.53. The van der Waals surface area contributed by atoms with E-state index in [9.17, 15) is 14.4 Å². The monoisotopic (exact) mass is 424 g/mol. The van der Waals surface area contributed by atoms with Crippen molar-refractivity contribution in [3.05, 3.63) is 59.2 Å². The third-order valence-corrected chi connectivity index (χ3v) is 5.29. The summed E-state index contributed by atoms with van der Waals surface area (Å²) in [6.45, 7) is 3.17. The van der Waals surface area contributed by atoms with Crippen LogP contribution in [0.1, 0.15) is 41.8 Å². The number of fused-ring (bicyclic) bond motifs is 1. The van der Waals surface area contributed by atoms with Crippen LogP contribution in [0.4, 0.5) is 5.69 Å². The molecule has 0 radical (unpaired) electrons. The lowest BCUT2D eigenvalue weighted by Gasteiger charge is -2.21. The van der Waals surface area contributed by atoms with Crippen LogP contribution in [0.15, 0.2) is 42.5 Å². The van der Waals surface area contributed by atoms with Gasteiger partial charge in [0.25, 0.3) is 11.8 Å². The van der Waals surface area contributed by atoms with Gasteiger partial charge in [0.2, 0.25) is 0 Å². The van der Waals surface area contributed by atoms with E-state index in [1.807, 2.05) is 18.2 Å². The highest BCUT2D eigenvalue weighted by Gasteiger charge is 2.27. The molecule has 2 aromatic carbocycles. The van der Waals surface area contributed by atoms with Crippen molar-refractivity contribution in [3.63, 3.8) is 0 Å². The zero-order valence-corrected chi connectivity index (χ0v) is 18.1. The number of carbonyl (C=O) groups is 3. The van der Waals surface area contributed by atoms with E-state index < -0.39 is 30.4 Å². The van der Waals surface area contributed by atoms with Gasteiger partial charge in [0.15, 0.2) is 6.61 Å². The van der Waals surface area contributed by atoms with Crippen LogP contribution >= 0.6 is 0 Å². The second-order valence-electron chi connectivity index (χ2n) is 7.92. The molecule has 0 bridgehead atoms. The average Bonchev–Trinajstić information content (AvgIpc) is 3.23. The average molecular weight is 424 g/mol. The van der Waals surface area contributed by atoms with Gasteiger partial charge in [-0.3, -0.25) is 9.59 Å². The smallest absolute Gasteiger partial charge is 0.329 e. The Morgan fingerprint density at radius 3 is 2.39 bits per heavy atom. The van der Waals surface area contributed by atoms with Gasteiger partial charge in [-0.2, -0.15) is 0 Å². The Morgan fingerprint density at radius 1 is 1.00 bits per heavy atom. The molecule has 1 aliphatic carbocycles. The van der Waals surface area contributed by atoms with Crippen molar-refractivity contribution in [3.8, 4) is 5.75 Å². The van der Waals surface area contributed by atoms with Crippen molar-refractivity contribution < 1.29 is 23.9 Å². The maximum Gasteiger partial charge on any atom is 0.329 e. The maximum atomic E-state index is 12.5. The first-order valence-corrected chi connectivity index (χ1v) is 10.4. The number of nitrogens with one attached hydrogen (secondary N) is 2. The van der Waals surface area contributed by atoms with Crippen LogP contribution in [0, 0.1) is 5.92 Å². The number of esters is 1. The molecule has 0 unspecified atom stereocenters. The van der Waals surface area contributed by atoms with Crippen LogP contribution in [0.3, 0.4) is 0 Å². The number of benzene rings is 2. The Kier molecular flexibility index (Phi) is 7.28. The molecule has 0 spiro atoms. The molecule has 2 aromatic rings. The minimum absolute atomic E-state index is 0.213. The fourth-order valence-corrected chi connectivity index (χ4v) is 3.54. The Labute approximate surface area is 182 Å². The van der Waals surface area contributed by atoms with Crippen molar-refractivity contribution in [1.29, 1.82) is 0 Å². The van der Waals surface area contributed by atoms with E-state index >= 15 is 0 Å². The summed E-state index contributed by atoms with van der Waals surface area (Å²) in [7, 11) is 1.54. The van der Waals surface area contributed by atoms with E-state index in [1.165, 1.54) is 11.1 Å². The van der Waals surface area contributed by atoms with Gasteiger partial charge in [-0.15, -0.1) is 0 Å². The molecule has 7 nitrogen and oxygen atoms in total. The zero-order chi connectivity index (χ0) is 22.4. The van der Waals surface area contributed by atoms with Gasteiger partial charge in [0, 0.05) is 11.3 Å². The molecule has 3 rings (SSSR count). The van der Waals surface area contributed by atoms with Gasteiger partial charge >= 0.3 is 5.97 Å². The SMILES string of the molecule is COc1ccc(C(=O)N[C@@H](C(=O)OCC(=O)Nc2ccc3c(c2)CCC3)C(C)C)cc1. The van der Waals surface area contributed by atoms with Crippen molar-refractivity contribution in [2.45, 2.75) is 39.2 Å². The largest absolute Gasteiger partial charge is 0.497 e. The lowest BCUT2D eigenvalue weighted by Crippen LogP contribution is -2.45. The van der Waals surface area contributed by atoms with Gasteiger partial charge in [0.1, 0.15) is 11.8 Å². The van der Waals surface area contributed by atoms with Crippen LogP contribution < -0.4 is 15.4 Å². The van der Waals surface area contributed by atoms with Gasteiger partial charge < -0.3 is 20.1 Å². The van der Waals surface area contributed by atoms with Crippen molar-refractivity contribution >= 4 is 23.5 Å². The molecule has 0 saturated carbocycles. The number of rotatable bonds is 8. The molecule has 0 aromatic heterocycles. The summed E-state index contributed by atoms with van der Waals surface area (Å²) in [5.41, 5.74) is 3.65. The van der Waals surface area contributed by atoms with Gasteiger partial charge in [-0.25, -0.2) is 4.79 Å². The number of ether oxygens (including phenoxy) is 2. The van der Waals surface area contributed by atoms with E-state index in [2.05, 4.69) is 10.6 Å². The summed E-state index contributed by atoms with van der Waals surface area (Å²) in [5, 5.41) is 5.44. The van der Waals surface area contributed by atoms with E-state index in [1.54, 1.807) is 45.2 Å². The lowest BCUT2D eigenvalue weighted by atomic mass is 10.0. The summed E-state index contributed by atoms with van der Waals surface area (Å²) in [5.74, 6) is -1.06. The predicted octanol–water partition coefficient (Wildman–Crippen LogP) is 3.12. The number of amides is 2. The first-order valence-electron chi connectivity index (χ1n) is 10.4. The number of hydrogen-bond acceptors (Lipinski definition) is 5. The molecule has 0 aliphatic heterocycles. The third-order valence-electron chi connectivity index (χ3n) is 5.29. The highest BCUT2D eigenvalue weighted by molar-refractivity contribution is 5.97. The summed E-state index contributed by atoms with van der Waals surface area (Å²) in [6, 6.07) is 11.5. The fourth-order valence-electron chi connectivity index (χ4n) is 3.54. The summed E-state index contributed by atoms with van der Waals surface area (Å²) >= 11 is 0. The number of methoxy groups -OCH3 is 1. The first-order chi connectivity index (χ1) is 14.9. The molecule has 0 fully saturated rings. The maximum absolute atomic E-state index is 12.5. The van der Waals surface area contributed by atoms with E-state index in [4.69, 9.17) is 9.47 Å². The number of anilines is 1. The molecule has 0 heterocycles. The summed E-state index contributed by atoms with van der Waals surface area (Å²) < 4.78 is 10.3. The zero-order valence-electron chi connectivity index (χ0n) is 18.1. The van der Waals surface area contributed by atoms with Gasteiger partial charge in [-0.1, -0.05) is 19.9 Å². The van der Waals surface area contributed by atoms with Gasteiger partial charge in [0.05, 0.1) is 7.11 Å². The van der Waals surface area contributed by atoms with Gasteiger partial charge in [-0.05, 0) is 72.7 Å². The Hall–Kier alpha value is -3.35. The molecule has 164 valence electrons. The molecule has 1 atom stereocenters. The number of hydrogen-bond donors (Lipinski definition) is 2. The topological polar surface area (TPSA) is 93.7 Å². The summed E-state index contributed by atoms with van der Waals surface area (Å²) in [4.78, 5) is 37.2. The standard InChI is InChI=1S/C24H28N2O5/c1-15(2)22(26-23(28)17-8-11-20(30-3)12-9-17)24(29)31-14-21(27)25-19-10-7-16-5-4-6-18(16)13-19/h7-13,15,22H,4-6,14H2,1-3H3,(H,25,27)(H,26,28)/t22-/m1/s1. The quantitative estimate of drug-likeness (QED) is 0.635. The molecule has 7 heteroatoms. The normalized spacial score (nSPS) is 13.3. The van der Waals surface area contributed by atoms with Crippen molar-refractivity contribution in [1.82, 2.24) is 5.32 Å².